The van der Waals surface area contributed by atoms with Crippen LogP contribution >= 0.6 is 12.4 Å². The first-order chi connectivity index (χ1) is 14.5. The number of para-hydroxylation sites is 1. The highest BCUT2D eigenvalue weighted by atomic mass is 35.5. The van der Waals surface area contributed by atoms with Gasteiger partial charge in [0.15, 0.2) is 11.6 Å². The van der Waals surface area contributed by atoms with Crippen molar-refractivity contribution in [3.8, 4) is 0 Å². The normalized spacial score (nSPS) is 18.3. The molecule has 3 aromatic rings. The van der Waals surface area contributed by atoms with Crippen LogP contribution in [0.5, 0.6) is 0 Å². The highest BCUT2D eigenvalue weighted by Gasteiger charge is 2.22. The van der Waals surface area contributed by atoms with Crippen LogP contribution in [0.3, 0.4) is 0 Å². The number of anilines is 1. The van der Waals surface area contributed by atoms with E-state index >= 15 is 0 Å². The number of benzene rings is 2. The van der Waals surface area contributed by atoms with Crippen molar-refractivity contribution in [2.24, 2.45) is 5.92 Å². The van der Waals surface area contributed by atoms with Gasteiger partial charge in [0.2, 0.25) is 0 Å². The maximum Gasteiger partial charge on any atom is 0.251 e. The van der Waals surface area contributed by atoms with Crippen LogP contribution in [0, 0.1) is 24.5 Å². The van der Waals surface area contributed by atoms with Gasteiger partial charge in [-0.25, -0.2) is 13.8 Å². The summed E-state index contributed by atoms with van der Waals surface area (Å²) in [6, 6.07) is 13.8. The number of aromatic nitrogens is 1. The van der Waals surface area contributed by atoms with Crippen LogP contribution in [-0.4, -0.2) is 23.5 Å². The number of carbonyl (C=O) groups excluding carboxylic acids is 1. The molecule has 0 spiro atoms. The lowest BCUT2D eigenvalue weighted by atomic mass is 9.86. The summed E-state index contributed by atoms with van der Waals surface area (Å²) in [5.74, 6) is -1.05. The summed E-state index contributed by atoms with van der Waals surface area (Å²) in [4.78, 5) is 16.9. The van der Waals surface area contributed by atoms with Crippen LogP contribution in [0.4, 0.5) is 14.6 Å². The van der Waals surface area contributed by atoms with E-state index in [0.29, 0.717) is 18.5 Å². The molecule has 31 heavy (non-hydrogen) atoms. The number of nitrogens with zero attached hydrogens (tertiary/aromatic N) is 1. The Labute approximate surface area is 186 Å². The molecule has 1 aliphatic carbocycles. The molecule has 0 unspecified atom stereocenters. The third-order valence-electron chi connectivity index (χ3n) is 5.85. The number of rotatable bonds is 5. The third-order valence-corrected chi connectivity index (χ3v) is 5.85. The molecule has 4 rings (SSSR count). The van der Waals surface area contributed by atoms with Gasteiger partial charge < -0.3 is 10.6 Å². The van der Waals surface area contributed by atoms with E-state index in [-0.39, 0.29) is 23.9 Å². The zero-order valence-electron chi connectivity index (χ0n) is 17.3. The van der Waals surface area contributed by atoms with Gasteiger partial charge in [0.05, 0.1) is 5.52 Å². The fourth-order valence-electron chi connectivity index (χ4n) is 4.12. The van der Waals surface area contributed by atoms with Crippen molar-refractivity contribution in [1.29, 1.82) is 0 Å². The SMILES string of the molecule is Cc1cc(NC2CCC(CNC(=O)c3ccc(F)c(F)c3)CC2)nc2ccccc12.Cl. The Bertz CT molecular complexity index is 1070. The van der Waals surface area contributed by atoms with Gasteiger partial charge >= 0.3 is 0 Å². The van der Waals surface area contributed by atoms with Crippen LogP contribution in [0.25, 0.3) is 10.9 Å². The Balaban J connectivity index is 0.00000272. The lowest BCUT2D eigenvalue weighted by Crippen LogP contribution is -2.34. The van der Waals surface area contributed by atoms with Crippen LogP contribution in [0.2, 0.25) is 0 Å². The molecule has 0 atom stereocenters. The molecule has 1 amide bonds. The van der Waals surface area contributed by atoms with Gasteiger partial charge in [-0.3, -0.25) is 4.79 Å². The second-order valence-electron chi connectivity index (χ2n) is 8.04. The van der Waals surface area contributed by atoms with Crippen molar-refractivity contribution < 1.29 is 13.6 Å². The first-order valence-electron chi connectivity index (χ1n) is 10.4. The van der Waals surface area contributed by atoms with Crippen LogP contribution in [-0.2, 0) is 0 Å². The fraction of sp³-hybridized carbons (Fsp3) is 0.333. The Morgan fingerprint density at radius 1 is 1.03 bits per heavy atom. The van der Waals surface area contributed by atoms with Crippen molar-refractivity contribution in [2.45, 2.75) is 38.6 Å². The number of amides is 1. The predicted molar refractivity (Wildman–Crippen MR) is 122 cm³/mol. The van der Waals surface area contributed by atoms with Crippen molar-refractivity contribution in [3.05, 3.63) is 71.3 Å². The number of carbonyl (C=O) groups is 1. The molecule has 164 valence electrons. The lowest BCUT2D eigenvalue weighted by molar-refractivity contribution is 0.0942. The third kappa shape index (κ3) is 5.50. The molecule has 4 nitrogen and oxygen atoms in total. The van der Waals surface area contributed by atoms with Gasteiger partial charge in [-0.05, 0) is 74.4 Å². The number of hydrogen-bond donors (Lipinski definition) is 2. The Hall–Kier alpha value is -2.73. The lowest BCUT2D eigenvalue weighted by Gasteiger charge is -2.29. The predicted octanol–water partition coefficient (Wildman–Crippen LogP) is 5.64. The average Bonchev–Trinajstić information content (AvgIpc) is 2.75. The molecular weight excluding hydrogens is 420 g/mol. The number of halogens is 3. The second-order valence-corrected chi connectivity index (χ2v) is 8.04. The molecule has 0 aliphatic heterocycles. The van der Waals surface area contributed by atoms with E-state index in [4.69, 9.17) is 4.98 Å². The summed E-state index contributed by atoms with van der Waals surface area (Å²) in [6.45, 7) is 2.64. The van der Waals surface area contributed by atoms with Crippen molar-refractivity contribution in [2.75, 3.05) is 11.9 Å². The zero-order valence-corrected chi connectivity index (χ0v) is 18.1. The quantitative estimate of drug-likeness (QED) is 0.534. The molecule has 1 aliphatic rings. The Morgan fingerprint density at radius 3 is 2.52 bits per heavy atom. The van der Waals surface area contributed by atoms with Gasteiger partial charge in [0.1, 0.15) is 5.82 Å². The molecule has 1 aromatic heterocycles. The summed E-state index contributed by atoms with van der Waals surface area (Å²) in [5, 5.41) is 7.58. The van der Waals surface area contributed by atoms with Gasteiger partial charge in [-0.1, -0.05) is 18.2 Å². The largest absolute Gasteiger partial charge is 0.367 e. The first-order valence-corrected chi connectivity index (χ1v) is 10.4. The molecule has 7 heteroatoms. The fourth-order valence-corrected chi connectivity index (χ4v) is 4.12. The maximum absolute atomic E-state index is 13.3. The summed E-state index contributed by atoms with van der Waals surface area (Å²) in [6.07, 6.45) is 3.98. The summed E-state index contributed by atoms with van der Waals surface area (Å²) in [5.41, 5.74) is 2.34. The van der Waals surface area contributed by atoms with E-state index < -0.39 is 11.6 Å². The number of nitrogens with one attached hydrogen (secondary N) is 2. The Kier molecular flexibility index (Phi) is 7.44. The topological polar surface area (TPSA) is 54.0 Å². The summed E-state index contributed by atoms with van der Waals surface area (Å²) >= 11 is 0. The zero-order chi connectivity index (χ0) is 21.1. The second kappa shape index (κ2) is 10.1. The van der Waals surface area contributed by atoms with Gasteiger partial charge in [-0.2, -0.15) is 0 Å². The van der Waals surface area contributed by atoms with E-state index in [1.54, 1.807) is 0 Å². The van der Waals surface area contributed by atoms with Crippen molar-refractivity contribution >= 4 is 35.0 Å². The summed E-state index contributed by atoms with van der Waals surface area (Å²) < 4.78 is 26.3. The van der Waals surface area contributed by atoms with Crippen LogP contribution in [0.15, 0.2) is 48.5 Å². The van der Waals surface area contributed by atoms with Crippen molar-refractivity contribution in [1.82, 2.24) is 10.3 Å². The molecule has 0 radical (unpaired) electrons. The highest BCUT2D eigenvalue weighted by Crippen LogP contribution is 2.27. The average molecular weight is 446 g/mol. The minimum Gasteiger partial charge on any atom is -0.367 e. The molecule has 2 N–H and O–H groups in total. The molecule has 0 saturated heterocycles. The number of hydrogen-bond acceptors (Lipinski definition) is 3. The standard InChI is InChI=1S/C24H25F2N3O.ClH/c1-15-12-23(29-22-5-3-2-4-19(15)22)28-18-9-6-16(7-10-18)14-27-24(30)17-8-11-20(25)21(26)13-17;/h2-5,8,11-13,16,18H,6-7,9-10,14H2,1H3,(H,27,30)(H,28,29);1H. The van der Waals surface area contributed by atoms with E-state index in [9.17, 15) is 13.6 Å². The van der Waals surface area contributed by atoms with Crippen LogP contribution < -0.4 is 10.6 Å². The van der Waals surface area contributed by atoms with Gasteiger partial charge in [0, 0.05) is 23.5 Å². The molecule has 1 fully saturated rings. The summed E-state index contributed by atoms with van der Waals surface area (Å²) in [7, 11) is 0. The number of aryl methyl sites for hydroxylation is 1. The minimum atomic E-state index is -1.01. The number of fused-ring (bicyclic) bond motifs is 1. The maximum atomic E-state index is 13.3. The first kappa shape index (κ1) is 22.9. The van der Waals surface area contributed by atoms with Crippen molar-refractivity contribution in [3.63, 3.8) is 0 Å². The monoisotopic (exact) mass is 445 g/mol. The van der Waals surface area contributed by atoms with E-state index in [0.717, 1.165) is 49.2 Å². The van der Waals surface area contributed by atoms with E-state index in [2.05, 4.69) is 29.7 Å². The van der Waals surface area contributed by atoms with E-state index in [1.807, 2.05) is 18.2 Å². The molecule has 1 saturated carbocycles. The molecule has 2 aromatic carbocycles. The van der Waals surface area contributed by atoms with Crippen LogP contribution in [0.1, 0.15) is 41.6 Å². The minimum absolute atomic E-state index is 0. The number of pyridine rings is 1. The molecular formula is C24H26ClF2N3O. The molecule has 0 bridgehead atoms. The Morgan fingerprint density at radius 2 is 1.77 bits per heavy atom. The van der Waals surface area contributed by atoms with Gasteiger partial charge in [-0.15, -0.1) is 12.4 Å². The molecule has 1 heterocycles. The van der Waals surface area contributed by atoms with E-state index in [1.165, 1.54) is 17.0 Å². The van der Waals surface area contributed by atoms with Gasteiger partial charge in [0.25, 0.3) is 5.91 Å². The highest BCUT2D eigenvalue weighted by molar-refractivity contribution is 5.94. The smallest absolute Gasteiger partial charge is 0.251 e.